The van der Waals surface area contributed by atoms with Crippen molar-refractivity contribution >= 4 is 12.0 Å². The first kappa shape index (κ1) is 13.8. The number of hydrogen-bond acceptors (Lipinski definition) is 3. The predicted molar refractivity (Wildman–Crippen MR) is 64.6 cm³/mol. The van der Waals surface area contributed by atoms with Crippen LogP contribution in [0.25, 0.3) is 0 Å². The lowest BCUT2D eigenvalue weighted by Gasteiger charge is -2.31. The molecule has 5 heteroatoms. The summed E-state index contributed by atoms with van der Waals surface area (Å²) in [6, 6.07) is -0.0189. The van der Waals surface area contributed by atoms with Gasteiger partial charge in [-0.2, -0.15) is 0 Å². The van der Waals surface area contributed by atoms with Crippen LogP contribution in [-0.2, 0) is 9.53 Å². The van der Waals surface area contributed by atoms with Gasteiger partial charge in [0.1, 0.15) is 5.54 Å². The van der Waals surface area contributed by atoms with E-state index >= 15 is 0 Å². The maximum atomic E-state index is 11.7. The van der Waals surface area contributed by atoms with Crippen LogP contribution in [0.3, 0.4) is 0 Å². The number of hydrogen-bond donors (Lipinski definition) is 2. The molecule has 0 radical (unpaired) electrons. The monoisotopic (exact) mass is 242 g/mol. The zero-order valence-electron chi connectivity index (χ0n) is 10.8. The molecule has 1 fully saturated rings. The van der Waals surface area contributed by atoms with E-state index in [0.29, 0.717) is 6.42 Å². The van der Waals surface area contributed by atoms with Crippen molar-refractivity contribution in [2.24, 2.45) is 0 Å². The largest absolute Gasteiger partial charge is 0.467 e. The molecular formula is C12H22N2O3. The summed E-state index contributed by atoms with van der Waals surface area (Å²) in [5, 5.41) is 5.57. The summed E-state index contributed by atoms with van der Waals surface area (Å²) in [5.41, 5.74) is -0.933. The van der Waals surface area contributed by atoms with Crippen molar-refractivity contribution in [1.29, 1.82) is 0 Å². The highest BCUT2D eigenvalue weighted by molar-refractivity contribution is 5.87. The summed E-state index contributed by atoms with van der Waals surface area (Å²) in [6.45, 7) is 3.66. The van der Waals surface area contributed by atoms with Gasteiger partial charge in [-0.25, -0.2) is 9.59 Å². The summed E-state index contributed by atoms with van der Waals surface area (Å²) in [4.78, 5) is 23.4. The predicted octanol–water partition coefficient (Wildman–Crippen LogP) is 1.57. The molecule has 0 spiro atoms. The zero-order valence-corrected chi connectivity index (χ0v) is 10.8. The Labute approximate surface area is 102 Å². The van der Waals surface area contributed by atoms with E-state index in [1.165, 1.54) is 7.11 Å². The lowest BCUT2D eigenvalue weighted by Crippen LogP contribution is -2.57. The van der Waals surface area contributed by atoms with Crippen LogP contribution >= 0.6 is 0 Å². The molecule has 17 heavy (non-hydrogen) atoms. The van der Waals surface area contributed by atoms with Gasteiger partial charge in [-0.15, -0.1) is 0 Å². The third-order valence-corrected chi connectivity index (χ3v) is 3.22. The summed E-state index contributed by atoms with van der Waals surface area (Å²) in [6.07, 6.45) is 4.58. The Kier molecular flexibility index (Phi) is 4.78. The van der Waals surface area contributed by atoms with Gasteiger partial charge in [-0.3, -0.25) is 0 Å². The highest BCUT2D eigenvalue weighted by atomic mass is 16.5. The van der Waals surface area contributed by atoms with Gasteiger partial charge < -0.3 is 15.4 Å². The van der Waals surface area contributed by atoms with Crippen molar-refractivity contribution in [3.8, 4) is 0 Å². The Bertz CT molecular complexity index is 289. The van der Waals surface area contributed by atoms with E-state index < -0.39 is 11.5 Å². The number of urea groups is 1. The SMILES string of the molecule is CCCC(C)(NC(=O)NC1CCC1)C(=O)OC. The number of ether oxygens (including phenoxy) is 1. The molecule has 5 nitrogen and oxygen atoms in total. The zero-order chi connectivity index (χ0) is 12.9. The van der Waals surface area contributed by atoms with Crippen molar-refractivity contribution < 1.29 is 14.3 Å². The molecular weight excluding hydrogens is 220 g/mol. The molecule has 1 rings (SSSR count). The van der Waals surface area contributed by atoms with E-state index in [4.69, 9.17) is 4.74 Å². The minimum absolute atomic E-state index is 0.263. The summed E-state index contributed by atoms with van der Waals surface area (Å²) in [5.74, 6) is -0.400. The van der Waals surface area contributed by atoms with Crippen LogP contribution in [0.1, 0.15) is 46.0 Å². The van der Waals surface area contributed by atoms with Gasteiger partial charge in [0.25, 0.3) is 0 Å². The highest BCUT2D eigenvalue weighted by Crippen LogP contribution is 2.18. The standard InChI is InChI=1S/C12H22N2O3/c1-4-8-12(2,10(15)17-3)14-11(16)13-9-6-5-7-9/h9H,4-8H2,1-3H3,(H2,13,14,16). The molecule has 0 saturated heterocycles. The fraction of sp³-hybridized carbons (Fsp3) is 0.833. The fourth-order valence-electron chi connectivity index (χ4n) is 1.97. The van der Waals surface area contributed by atoms with E-state index in [1.54, 1.807) is 6.92 Å². The molecule has 0 heterocycles. The molecule has 0 bridgehead atoms. The summed E-state index contributed by atoms with van der Waals surface area (Å²) in [7, 11) is 1.34. The number of rotatable bonds is 5. The molecule has 0 aromatic heterocycles. The molecule has 0 aromatic rings. The third kappa shape index (κ3) is 3.61. The van der Waals surface area contributed by atoms with Gasteiger partial charge in [-0.1, -0.05) is 13.3 Å². The molecule has 1 atom stereocenters. The smallest absolute Gasteiger partial charge is 0.331 e. The first-order valence-electron chi connectivity index (χ1n) is 6.19. The quantitative estimate of drug-likeness (QED) is 0.719. The first-order valence-corrected chi connectivity index (χ1v) is 6.19. The third-order valence-electron chi connectivity index (χ3n) is 3.22. The first-order chi connectivity index (χ1) is 8.01. The summed E-state index contributed by atoms with van der Waals surface area (Å²) >= 11 is 0. The maximum absolute atomic E-state index is 11.7. The summed E-state index contributed by atoms with van der Waals surface area (Å²) < 4.78 is 4.73. The topological polar surface area (TPSA) is 67.4 Å². The molecule has 1 unspecified atom stereocenters. The van der Waals surface area contributed by atoms with Gasteiger partial charge in [0.05, 0.1) is 7.11 Å². The van der Waals surface area contributed by atoms with Gasteiger partial charge in [-0.05, 0) is 32.6 Å². The van der Waals surface area contributed by atoms with Crippen LogP contribution in [0.5, 0.6) is 0 Å². The maximum Gasteiger partial charge on any atom is 0.331 e. The Morgan fingerprint density at radius 1 is 1.41 bits per heavy atom. The van der Waals surface area contributed by atoms with Crippen molar-refractivity contribution in [3.05, 3.63) is 0 Å². The van der Waals surface area contributed by atoms with E-state index in [1.807, 2.05) is 6.92 Å². The number of esters is 1. The second-order valence-electron chi connectivity index (χ2n) is 4.80. The van der Waals surface area contributed by atoms with Crippen molar-refractivity contribution in [2.75, 3.05) is 7.11 Å². The van der Waals surface area contributed by atoms with Crippen molar-refractivity contribution in [3.63, 3.8) is 0 Å². The Balaban J connectivity index is 2.52. The van der Waals surface area contributed by atoms with Gasteiger partial charge in [0.15, 0.2) is 0 Å². The average molecular weight is 242 g/mol. The molecule has 1 saturated carbocycles. The van der Waals surface area contributed by atoms with Crippen LogP contribution in [0.15, 0.2) is 0 Å². The number of amides is 2. The van der Waals surface area contributed by atoms with Gasteiger partial charge >= 0.3 is 12.0 Å². The highest BCUT2D eigenvalue weighted by Gasteiger charge is 2.35. The van der Waals surface area contributed by atoms with Crippen LogP contribution in [0, 0.1) is 0 Å². The van der Waals surface area contributed by atoms with Crippen LogP contribution in [-0.4, -0.2) is 30.7 Å². The van der Waals surface area contributed by atoms with Crippen molar-refractivity contribution in [1.82, 2.24) is 10.6 Å². The van der Waals surface area contributed by atoms with E-state index in [0.717, 1.165) is 25.7 Å². The Morgan fingerprint density at radius 3 is 2.47 bits per heavy atom. The van der Waals surface area contributed by atoms with Crippen molar-refractivity contribution in [2.45, 2.75) is 57.5 Å². The Morgan fingerprint density at radius 2 is 2.06 bits per heavy atom. The molecule has 0 aromatic carbocycles. The lowest BCUT2D eigenvalue weighted by atomic mass is 9.93. The normalized spacial score (nSPS) is 18.8. The van der Waals surface area contributed by atoms with Gasteiger partial charge in [0.2, 0.25) is 0 Å². The molecule has 0 aliphatic heterocycles. The van der Waals surface area contributed by atoms with Crippen LogP contribution in [0.4, 0.5) is 4.79 Å². The molecule has 1 aliphatic carbocycles. The second-order valence-corrected chi connectivity index (χ2v) is 4.80. The fourth-order valence-corrected chi connectivity index (χ4v) is 1.97. The van der Waals surface area contributed by atoms with E-state index in [9.17, 15) is 9.59 Å². The molecule has 1 aliphatic rings. The number of carbonyl (C=O) groups excluding carboxylic acids is 2. The number of carbonyl (C=O) groups is 2. The Hall–Kier alpha value is -1.26. The van der Waals surface area contributed by atoms with E-state index in [-0.39, 0.29) is 12.1 Å². The minimum atomic E-state index is -0.933. The molecule has 2 amide bonds. The number of nitrogens with one attached hydrogen (secondary N) is 2. The second kappa shape index (κ2) is 5.89. The van der Waals surface area contributed by atoms with Crippen LogP contribution in [0.2, 0.25) is 0 Å². The lowest BCUT2D eigenvalue weighted by molar-refractivity contribution is -0.147. The average Bonchev–Trinajstić information content (AvgIpc) is 2.22. The minimum Gasteiger partial charge on any atom is -0.467 e. The van der Waals surface area contributed by atoms with E-state index in [2.05, 4.69) is 10.6 Å². The number of methoxy groups -OCH3 is 1. The molecule has 2 N–H and O–H groups in total. The molecule has 98 valence electrons. The van der Waals surface area contributed by atoms with Crippen LogP contribution < -0.4 is 10.6 Å². The van der Waals surface area contributed by atoms with Gasteiger partial charge in [0, 0.05) is 6.04 Å².